The van der Waals surface area contributed by atoms with Crippen molar-refractivity contribution in [2.24, 2.45) is 7.05 Å². The van der Waals surface area contributed by atoms with E-state index in [0.717, 1.165) is 25.2 Å². The lowest BCUT2D eigenvalue weighted by Gasteiger charge is -2.27. The predicted octanol–water partition coefficient (Wildman–Crippen LogP) is -0.643. The van der Waals surface area contributed by atoms with E-state index in [9.17, 15) is 9.59 Å². The largest absolute Gasteiger partial charge is 0.381 e. The van der Waals surface area contributed by atoms with Gasteiger partial charge in [0, 0.05) is 32.0 Å². The summed E-state index contributed by atoms with van der Waals surface area (Å²) in [5, 5.41) is 12.9. The molecule has 1 aromatic rings. The zero-order valence-corrected chi connectivity index (χ0v) is 13.9. The lowest BCUT2D eigenvalue weighted by molar-refractivity contribution is -0.121. The average Bonchev–Trinajstić information content (AvgIpc) is 2.92. The topological polar surface area (TPSA) is 91.3 Å². The number of allylic oxidation sites excluding steroid dienone is 1. The molecule has 8 heteroatoms. The Labute approximate surface area is 140 Å². The van der Waals surface area contributed by atoms with Crippen molar-refractivity contribution in [1.82, 2.24) is 30.6 Å². The minimum Gasteiger partial charge on any atom is -0.381 e. The molecular formula is C16H22N6O2. The number of hydrogen-bond acceptors (Lipinski definition) is 5. The highest BCUT2D eigenvalue weighted by Gasteiger charge is 2.22. The van der Waals surface area contributed by atoms with Gasteiger partial charge >= 0.3 is 0 Å². The monoisotopic (exact) mass is 330 g/mol. The van der Waals surface area contributed by atoms with E-state index >= 15 is 0 Å². The lowest BCUT2D eigenvalue weighted by atomic mass is 10.1. The van der Waals surface area contributed by atoms with E-state index in [0.29, 0.717) is 18.7 Å². The van der Waals surface area contributed by atoms with Crippen molar-refractivity contribution in [3.63, 3.8) is 0 Å². The summed E-state index contributed by atoms with van der Waals surface area (Å²) in [6.45, 7) is 3.81. The smallest absolute Gasteiger partial charge is 0.238 e. The van der Waals surface area contributed by atoms with Crippen molar-refractivity contribution >= 4 is 12.3 Å². The van der Waals surface area contributed by atoms with Gasteiger partial charge in [-0.1, -0.05) is 0 Å². The Morgan fingerprint density at radius 3 is 3.17 bits per heavy atom. The second-order valence-corrected chi connectivity index (χ2v) is 6.10. The molecule has 0 saturated heterocycles. The van der Waals surface area contributed by atoms with E-state index in [2.05, 4.69) is 25.9 Å². The SMILES string of the molecule is CC1NC=C(NC(=O)CN2CCc3cnn(C)c3C2)C=C1NC=O. The molecule has 2 amide bonds. The van der Waals surface area contributed by atoms with Crippen molar-refractivity contribution in [3.05, 3.63) is 41.1 Å². The molecule has 1 aromatic heterocycles. The van der Waals surface area contributed by atoms with E-state index < -0.39 is 0 Å². The van der Waals surface area contributed by atoms with Crippen LogP contribution in [0.5, 0.6) is 0 Å². The highest BCUT2D eigenvalue weighted by molar-refractivity contribution is 5.80. The molecule has 3 heterocycles. The number of dihydropyridines is 1. The molecule has 0 saturated carbocycles. The van der Waals surface area contributed by atoms with Gasteiger partial charge in [0.05, 0.1) is 30.2 Å². The number of aromatic nitrogens is 2. The first kappa shape index (κ1) is 16.3. The Bertz CT molecular complexity index is 705. The zero-order chi connectivity index (χ0) is 17.1. The number of fused-ring (bicyclic) bond motifs is 1. The Morgan fingerprint density at radius 1 is 1.54 bits per heavy atom. The van der Waals surface area contributed by atoms with E-state index in [1.165, 1.54) is 11.3 Å². The molecule has 0 aromatic carbocycles. The molecule has 0 radical (unpaired) electrons. The van der Waals surface area contributed by atoms with Crippen LogP contribution in [0.2, 0.25) is 0 Å². The molecule has 2 aliphatic heterocycles. The van der Waals surface area contributed by atoms with Crippen LogP contribution < -0.4 is 16.0 Å². The van der Waals surface area contributed by atoms with E-state index in [4.69, 9.17) is 0 Å². The molecule has 1 unspecified atom stereocenters. The number of carbonyl (C=O) groups excluding carboxylic acids is 2. The Morgan fingerprint density at radius 2 is 2.38 bits per heavy atom. The Kier molecular flexibility index (Phi) is 4.66. The van der Waals surface area contributed by atoms with Gasteiger partial charge in [0.2, 0.25) is 12.3 Å². The summed E-state index contributed by atoms with van der Waals surface area (Å²) >= 11 is 0. The third-order valence-corrected chi connectivity index (χ3v) is 4.36. The van der Waals surface area contributed by atoms with Gasteiger partial charge < -0.3 is 16.0 Å². The second kappa shape index (κ2) is 6.88. The molecule has 0 aliphatic carbocycles. The summed E-state index contributed by atoms with van der Waals surface area (Å²) in [7, 11) is 1.93. The average molecular weight is 330 g/mol. The summed E-state index contributed by atoms with van der Waals surface area (Å²) in [4.78, 5) is 25.0. The second-order valence-electron chi connectivity index (χ2n) is 6.10. The lowest BCUT2D eigenvalue weighted by Crippen LogP contribution is -2.41. The van der Waals surface area contributed by atoms with Gasteiger partial charge in [-0.05, 0) is 25.0 Å². The normalized spacial score (nSPS) is 20.3. The fourth-order valence-electron chi connectivity index (χ4n) is 2.97. The van der Waals surface area contributed by atoms with E-state index in [-0.39, 0.29) is 11.9 Å². The van der Waals surface area contributed by atoms with Crippen molar-refractivity contribution in [2.45, 2.75) is 25.9 Å². The minimum absolute atomic E-state index is 0.00112. The third kappa shape index (κ3) is 3.48. The van der Waals surface area contributed by atoms with Gasteiger partial charge in [-0.3, -0.25) is 19.2 Å². The molecule has 1 atom stereocenters. The molecule has 128 valence electrons. The van der Waals surface area contributed by atoms with Crippen molar-refractivity contribution in [2.75, 3.05) is 13.1 Å². The summed E-state index contributed by atoms with van der Waals surface area (Å²) in [6, 6.07) is 0.00112. The summed E-state index contributed by atoms with van der Waals surface area (Å²) < 4.78 is 1.87. The molecule has 2 aliphatic rings. The first-order valence-electron chi connectivity index (χ1n) is 7.96. The molecule has 24 heavy (non-hydrogen) atoms. The molecule has 0 fully saturated rings. The van der Waals surface area contributed by atoms with Gasteiger partial charge in [0.1, 0.15) is 0 Å². The maximum absolute atomic E-state index is 12.3. The number of amides is 2. The predicted molar refractivity (Wildman–Crippen MR) is 88.3 cm³/mol. The summed E-state index contributed by atoms with van der Waals surface area (Å²) in [5.74, 6) is -0.0788. The highest BCUT2D eigenvalue weighted by Crippen LogP contribution is 2.17. The van der Waals surface area contributed by atoms with Gasteiger partial charge in [-0.2, -0.15) is 5.10 Å². The van der Waals surface area contributed by atoms with Crippen LogP contribution in [0, 0.1) is 0 Å². The Balaban J connectivity index is 1.57. The zero-order valence-electron chi connectivity index (χ0n) is 13.9. The van der Waals surface area contributed by atoms with Crippen LogP contribution in [0.4, 0.5) is 0 Å². The quantitative estimate of drug-likeness (QED) is 0.625. The minimum atomic E-state index is -0.0788. The van der Waals surface area contributed by atoms with Crippen LogP contribution in [0.3, 0.4) is 0 Å². The van der Waals surface area contributed by atoms with Gasteiger partial charge in [-0.25, -0.2) is 0 Å². The summed E-state index contributed by atoms with van der Waals surface area (Å²) in [5.41, 5.74) is 3.79. The van der Waals surface area contributed by atoms with Crippen LogP contribution in [-0.4, -0.2) is 46.1 Å². The first-order chi connectivity index (χ1) is 11.6. The van der Waals surface area contributed by atoms with Crippen LogP contribution in [0.25, 0.3) is 0 Å². The third-order valence-electron chi connectivity index (χ3n) is 4.36. The fraction of sp³-hybridized carbons (Fsp3) is 0.438. The van der Waals surface area contributed by atoms with E-state index in [1.807, 2.05) is 24.9 Å². The van der Waals surface area contributed by atoms with Crippen LogP contribution in [-0.2, 0) is 29.6 Å². The highest BCUT2D eigenvalue weighted by atomic mass is 16.2. The van der Waals surface area contributed by atoms with Gasteiger partial charge in [0.25, 0.3) is 0 Å². The van der Waals surface area contributed by atoms with Crippen molar-refractivity contribution in [3.8, 4) is 0 Å². The summed E-state index contributed by atoms with van der Waals surface area (Å²) in [6.07, 6.45) is 6.95. The fourth-order valence-corrected chi connectivity index (χ4v) is 2.97. The van der Waals surface area contributed by atoms with E-state index in [1.54, 1.807) is 12.3 Å². The van der Waals surface area contributed by atoms with Crippen LogP contribution in [0.15, 0.2) is 29.9 Å². The number of aryl methyl sites for hydroxylation is 1. The molecule has 0 bridgehead atoms. The first-order valence-corrected chi connectivity index (χ1v) is 7.96. The number of carbonyl (C=O) groups is 2. The maximum Gasteiger partial charge on any atom is 0.238 e. The van der Waals surface area contributed by atoms with Gasteiger partial charge in [-0.15, -0.1) is 0 Å². The molecule has 8 nitrogen and oxygen atoms in total. The molecule has 3 rings (SSSR count). The van der Waals surface area contributed by atoms with Gasteiger partial charge in [0.15, 0.2) is 0 Å². The van der Waals surface area contributed by atoms with Crippen LogP contribution >= 0.6 is 0 Å². The maximum atomic E-state index is 12.3. The Hall–Kier alpha value is -2.61. The molecule has 3 N–H and O–H groups in total. The van der Waals surface area contributed by atoms with Crippen molar-refractivity contribution < 1.29 is 9.59 Å². The molecular weight excluding hydrogens is 308 g/mol. The number of nitrogens with zero attached hydrogens (tertiary/aromatic N) is 3. The molecule has 0 spiro atoms. The van der Waals surface area contributed by atoms with Crippen LogP contribution in [0.1, 0.15) is 18.2 Å². The number of hydrogen-bond donors (Lipinski definition) is 3. The standard InChI is InChI=1S/C16H22N6O2/c1-11-14(18-10-23)5-13(7-17-11)20-16(24)9-22-4-3-12-6-19-21(2)15(12)8-22/h5-7,10-11,17H,3-4,8-9H2,1-2H3,(H,18,23)(H,20,24). The van der Waals surface area contributed by atoms with Crippen molar-refractivity contribution in [1.29, 1.82) is 0 Å². The number of rotatable bonds is 5. The number of nitrogens with one attached hydrogen (secondary N) is 3.